The van der Waals surface area contributed by atoms with Gasteiger partial charge in [0, 0.05) is 30.1 Å². The van der Waals surface area contributed by atoms with E-state index in [1.54, 1.807) is 12.0 Å². The molecule has 2 heterocycles. The van der Waals surface area contributed by atoms with Gasteiger partial charge in [-0.3, -0.25) is 4.79 Å². The first kappa shape index (κ1) is 17.3. The summed E-state index contributed by atoms with van der Waals surface area (Å²) >= 11 is 0. The highest BCUT2D eigenvalue weighted by Gasteiger charge is 2.34. The molecule has 6 heteroatoms. The fourth-order valence-electron chi connectivity index (χ4n) is 3.51. The molecule has 0 aliphatic carbocycles. The van der Waals surface area contributed by atoms with E-state index in [4.69, 9.17) is 9.26 Å². The first-order valence-corrected chi connectivity index (χ1v) is 8.90. The maximum Gasteiger partial charge on any atom is 0.257 e. The Labute approximate surface area is 157 Å². The monoisotopic (exact) mass is 363 g/mol. The second kappa shape index (κ2) is 6.87. The van der Waals surface area contributed by atoms with Crippen LogP contribution in [0.1, 0.15) is 29.3 Å². The molecule has 1 aliphatic rings. The van der Waals surface area contributed by atoms with Crippen molar-refractivity contribution in [3.8, 4) is 17.2 Å². The minimum atomic E-state index is -0.0805. The van der Waals surface area contributed by atoms with Crippen LogP contribution in [0.15, 0.2) is 47.0 Å². The van der Waals surface area contributed by atoms with Crippen molar-refractivity contribution in [3.05, 3.63) is 59.4 Å². The van der Waals surface area contributed by atoms with E-state index in [2.05, 4.69) is 16.2 Å². The van der Waals surface area contributed by atoms with Crippen LogP contribution in [0.25, 0.3) is 11.5 Å². The molecule has 6 nitrogen and oxygen atoms in total. The van der Waals surface area contributed by atoms with Gasteiger partial charge in [0.15, 0.2) is 5.82 Å². The fraction of sp³-hybridized carbons (Fsp3) is 0.286. The van der Waals surface area contributed by atoms with E-state index in [1.807, 2.05) is 50.2 Å². The van der Waals surface area contributed by atoms with Crippen LogP contribution >= 0.6 is 0 Å². The van der Waals surface area contributed by atoms with E-state index >= 15 is 0 Å². The maximum absolute atomic E-state index is 12.5. The van der Waals surface area contributed by atoms with Crippen LogP contribution in [0.5, 0.6) is 5.75 Å². The van der Waals surface area contributed by atoms with Crippen LogP contribution in [-0.2, 0) is 4.79 Å². The van der Waals surface area contributed by atoms with Gasteiger partial charge >= 0.3 is 0 Å². The van der Waals surface area contributed by atoms with Crippen molar-refractivity contribution in [2.24, 2.45) is 0 Å². The van der Waals surface area contributed by atoms with Gasteiger partial charge in [0.1, 0.15) is 5.75 Å². The van der Waals surface area contributed by atoms with Crippen molar-refractivity contribution in [2.75, 3.05) is 18.6 Å². The molecular formula is C21H21N3O3. The maximum atomic E-state index is 12.5. The number of amides is 1. The molecule has 1 aliphatic heterocycles. The topological polar surface area (TPSA) is 68.5 Å². The fourth-order valence-corrected chi connectivity index (χ4v) is 3.51. The summed E-state index contributed by atoms with van der Waals surface area (Å²) in [6, 6.07) is 13.6. The number of rotatable bonds is 4. The summed E-state index contributed by atoms with van der Waals surface area (Å²) in [7, 11) is 1.62. The Morgan fingerprint density at radius 2 is 1.81 bits per heavy atom. The Balaban J connectivity index is 1.54. The zero-order valence-corrected chi connectivity index (χ0v) is 15.6. The van der Waals surface area contributed by atoms with Crippen molar-refractivity contribution < 1.29 is 14.1 Å². The molecule has 0 radical (unpaired) electrons. The number of aryl methyl sites for hydroxylation is 2. The summed E-state index contributed by atoms with van der Waals surface area (Å²) in [6.45, 7) is 4.61. The zero-order valence-electron chi connectivity index (χ0n) is 15.6. The SMILES string of the molecule is COc1ccc(N2C[C@@H](c3noc(-c4cc(C)cc(C)c4)n3)CC2=O)cc1. The second-order valence-electron chi connectivity index (χ2n) is 6.94. The van der Waals surface area contributed by atoms with E-state index < -0.39 is 0 Å². The van der Waals surface area contributed by atoms with Gasteiger partial charge in [-0.05, 0) is 50.2 Å². The third-order valence-corrected chi connectivity index (χ3v) is 4.78. The number of carbonyl (C=O) groups is 1. The lowest BCUT2D eigenvalue weighted by Crippen LogP contribution is -2.24. The number of benzene rings is 2. The van der Waals surface area contributed by atoms with E-state index in [0.29, 0.717) is 24.7 Å². The molecule has 1 fully saturated rings. The molecule has 0 unspecified atom stereocenters. The van der Waals surface area contributed by atoms with Gasteiger partial charge in [-0.2, -0.15) is 4.98 Å². The van der Waals surface area contributed by atoms with Crippen LogP contribution < -0.4 is 9.64 Å². The largest absolute Gasteiger partial charge is 0.497 e. The highest BCUT2D eigenvalue weighted by atomic mass is 16.5. The molecule has 3 aromatic rings. The average Bonchev–Trinajstić information content (AvgIpc) is 3.28. The minimum absolute atomic E-state index is 0.0583. The lowest BCUT2D eigenvalue weighted by atomic mass is 10.1. The van der Waals surface area contributed by atoms with Gasteiger partial charge in [0.25, 0.3) is 5.89 Å². The lowest BCUT2D eigenvalue weighted by Gasteiger charge is -2.16. The number of anilines is 1. The van der Waals surface area contributed by atoms with Crippen LogP contribution in [0.4, 0.5) is 5.69 Å². The minimum Gasteiger partial charge on any atom is -0.497 e. The average molecular weight is 363 g/mol. The number of carbonyl (C=O) groups excluding carboxylic acids is 1. The smallest absolute Gasteiger partial charge is 0.257 e. The molecule has 138 valence electrons. The summed E-state index contributed by atoms with van der Waals surface area (Å²) < 4.78 is 10.6. The molecule has 2 aromatic carbocycles. The third kappa shape index (κ3) is 3.43. The second-order valence-corrected chi connectivity index (χ2v) is 6.94. The third-order valence-electron chi connectivity index (χ3n) is 4.78. The van der Waals surface area contributed by atoms with E-state index in [0.717, 1.165) is 28.1 Å². The summed E-state index contributed by atoms with van der Waals surface area (Å²) in [4.78, 5) is 18.8. The molecule has 1 amide bonds. The van der Waals surface area contributed by atoms with E-state index in [-0.39, 0.29) is 11.8 Å². The molecule has 0 spiro atoms. The van der Waals surface area contributed by atoms with Crippen molar-refractivity contribution in [3.63, 3.8) is 0 Å². The zero-order chi connectivity index (χ0) is 19.0. The highest BCUT2D eigenvalue weighted by molar-refractivity contribution is 5.96. The van der Waals surface area contributed by atoms with Gasteiger partial charge in [0.2, 0.25) is 5.91 Å². The number of hydrogen-bond donors (Lipinski definition) is 0. The molecule has 4 rings (SSSR count). The molecule has 0 N–H and O–H groups in total. The van der Waals surface area contributed by atoms with Gasteiger partial charge in [-0.25, -0.2) is 0 Å². The molecular weight excluding hydrogens is 342 g/mol. The van der Waals surface area contributed by atoms with Gasteiger partial charge < -0.3 is 14.2 Å². The molecule has 0 bridgehead atoms. The van der Waals surface area contributed by atoms with Crippen LogP contribution in [0.2, 0.25) is 0 Å². The normalized spacial score (nSPS) is 16.8. The van der Waals surface area contributed by atoms with E-state index in [1.165, 1.54) is 0 Å². The Kier molecular flexibility index (Phi) is 4.39. The quantitative estimate of drug-likeness (QED) is 0.703. The molecule has 1 atom stereocenters. The summed E-state index contributed by atoms with van der Waals surface area (Å²) in [6.07, 6.45) is 0.373. The number of methoxy groups -OCH3 is 1. The predicted molar refractivity (Wildman–Crippen MR) is 102 cm³/mol. The molecule has 1 aromatic heterocycles. The first-order valence-electron chi connectivity index (χ1n) is 8.90. The van der Waals surface area contributed by atoms with Crippen molar-refractivity contribution >= 4 is 11.6 Å². The summed E-state index contributed by atoms with van der Waals surface area (Å²) in [5.41, 5.74) is 4.04. The van der Waals surface area contributed by atoms with Crippen molar-refractivity contribution in [2.45, 2.75) is 26.2 Å². The Morgan fingerprint density at radius 3 is 2.48 bits per heavy atom. The van der Waals surface area contributed by atoms with Crippen molar-refractivity contribution in [1.29, 1.82) is 0 Å². The lowest BCUT2D eigenvalue weighted by molar-refractivity contribution is -0.117. The Hall–Kier alpha value is -3.15. The van der Waals surface area contributed by atoms with Crippen LogP contribution in [0, 0.1) is 13.8 Å². The number of ether oxygens (including phenoxy) is 1. The molecule has 27 heavy (non-hydrogen) atoms. The summed E-state index contributed by atoms with van der Waals surface area (Å²) in [5.74, 6) is 1.81. The number of aromatic nitrogens is 2. The van der Waals surface area contributed by atoms with Crippen LogP contribution in [0.3, 0.4) is 0 Å². The number of nitrogens with zero attached hydrogens (tertiary/aromatic N) is 3. The van der Waals surface area contributed by atoms with Gasteiger partial charge in [-0.15, -0.1) is 0 Å². The van der Waals surface area contributed by atoms with E-state index in [9.17, 15) is 4.79 Å². The number of hydrogen-bond acceptors (Lipinski definition) is 5. The summed E-state index contributed by atoms with van der Waals surface area (Å²) in [5, 5.41) is 4.14. The van der Waals surface area contributed by atoms with Gasteiger partial charge in [-0.1, -0.05) is 22.3 Å². The Morgan fingerprint density at radius 1 is 1.11 bits per heavy atom. The standard InChI is InChI=1S/C21H21N3O3/c1-13-8-14(2)10-15(9-13)21-22-20(23-27-21)16-11-19(25)24(12-16)17-4-6-18(26-3)7-5-17/h4-10,16H,11-12H2,1-3H3/t16-/m0/s1. The molecule has 0 saturated carbocycles. The Bertz CT molecular complexity index is 958. The van der Waals surface area contributed by atoms with Gasteiger partial charge in [0.05, 0.1) is 7.11 Å². The van der Waals surface area contributed by atoms with Crippen LogP contribution in [-0.4, -0.2) is 29.7 Å². The first-order chi connectivity index (χ1) is 13.0. The van der Waals surface area contributed by atoms with Crippen molar-refractivity contribution in [1.82, 2.24) is 10.1 Å². The highest BCUT2D eigenvalue weighted by Crippen LogP contribution is 2.32. The molecule has 1 saturated heterocycles. The predicted octanol–water partition coefficient (Wildman–Crippen LogP) is 3.88.